The van der Waals surface area contributed by atoms with Crippen molar-refractivity contribution < 1.29 is 18.7 Å². The van der Waals surface area contributed by atoms with Crippen molar-refractivity contribution >= 4 is 39.2 Å². The van der Waals surface area contributed by atoms with Crippen LogP contribution >= 0.6 is 11.6 Å². The van der Waals surface area contributed by atoms with Gasteiger partial charge in [-0.15, -0.1) is 0 Å². The lowest BCUT2D eigenvalue weighted by molar-refractivity contribution is 0.00561. The quantitative estimate of drug-likeness (QED) is 0.114. The van der Waals surface area contributed by atoms with Crippen LogP contribution in [0.3, 0.4) is 0 Å². The van der Waals surface area contributed by atoms with Gasteiger partial charge < -0.3 is 19.4 Å². The molecule has 1 aliphatic rings. The first-order valence-corrected chi connectivity index (χ1v) is 19.1. The maximum atomic E-state index is 14.2. The van der Waals surface area contributed by atoms with E-state index in [1.807, 2.05) is 104 Å². The zero-order valence-electron chi connectivity index (χ0n) is 32.8. The molecule has 3 heterocycles. The Hall–Kier alpha value is -3.92. The van der Waals surface area contributed by atoms with E-state index in [1.54, 1.807) is 6.07 Å². The lowest BCUT2D eigenvalue weighted by atomic mass is 9.98. The summed E-state index contributed by atoms with van der Waals surface area (Å²) in [6.45, 7) is 23.3. The standard InChI is InChI=1S/C38H45ClFN5O3.2C2H6/c1-24-33(25(2)43(6)42-24)34-31(39)15-14-30-29(10-8-22-47-32-11-7-9-26-23-27(40)12-13-28(26)32)36(37(46)48-38(3,4)5)45(35(30)34)21-20-44-18-16-41-17-19-44;2*1-2/h7,9,11-15,23,41H,8,10,16-22H2,1-6H3;2*1-2H3. The number of fused-ring (bicyclic) bond motifs is 2. The number of aryl methyl sites for hydroxylation is 3. The molecule has 0 unspecified atom stereocenters. The Labute approximate surface area is 314 Å². The van der Waals surface area contributed by atoms with Crippen LogP contribution in [0.1, 0.15) is 82.3 Å². The van der Waals surface area contributed by atoms with E-state index in [0.29, 0.717) is 42.5 Å². The molecule has 1 N–H and O–H groups in total. The SMILES string of the molecule is CC.CC.Cc1nn(C)c(C)c1-c1c(Cl)ccc2c(CCCOc3cccc4cc(F)ccc34)c(C(=O)OC(C)(C)C)n(CCN3CCNCC3)c12. The molecule has 0 amide bonds. The number of hydrogen-bond acceptors (Lipinski definition) is 6. The van der Waals surface area contributed by atoms with Gasteiger partial charge in [-0.25, -0.2) is 9.18 Å². The molecule has 3 aromatic carbocycles. The number of benzene rings is 3. The zero-order chi connectivity index (χ0) is 38.2. The van der Waals surface area contributed by atoms with E-state index in [4.69, 9.17) is 26.2 Å². The summed E-state index contributed by atoms with van der Waals surface area (Å²) in [6.07, 6.45) is 1.23. The van der Waals surface area contributed by atoms with Crippen molar-refractivity contribution in [1.29, 1.82) is 0 Å². The second-order valence-electron chi connectivity index (χ2n) is 13.6. The lowest BCUT2D eigenvalue weighted by Gasteiger charge is -2.28. The number of carbonyl (C=O) groups excluding carboxylic acids is 1. The van der Waals surface area contributed by atoms with Crippen LogP contribution in [0.5, 0.6) is 5.75 Å². The number of nitrogens with one attached hydrogen (secondary N) is 1. The van der Waals surface area contributed by atoms with Gasteiger partial charge in [0.1, 0.15) is 22.9 Å². The lowest BCUT2D eigenvalue weighted by Crippen LogP contribution is -2.44. The maximum absolute atomic E-state index is 14.2. The van der Waals surface area contributed by atoms with Gasteiger partial charge in [-0.05, 0) is 88.7 Å². The van der Waals surface area contributed by atoms with Gasteiger partial charge in [0.05, 0.1) is 22.8 Å². The molecule has 8 nitrogen and oxygen atoms in total. The summed E-state index contributed by atoms with van der Waals surface area (Å²) in [5.74, 6) is 0.0708. The average molecular weight is 734 g/mol. The minimum Gasteiger partial charge on any atom is -0.493 e. The van der Waals surface area contributed by atoms with Crippen LogP contribution in [0.4, 0.5) is 4.39 Å². The van der Waals surface area contributed by atoms with E-state index in [1.165, 1.54) is 12.1 Å². The number of nitrogens with zero attached hydrogens (tertiary/aromatic N) is 4. The van der Waals surface area contributed by atoms with E-state index in [2.05, 4.69) is 14.8 Å². The molecule has 0 atom stereocenters. The first kappa shape index (κ1) is 40.8. The van der Waals surface area contributed by atoms with Crippen molar-refractivity contribution in [3.8, 4) is 16.9 Å². The van der Waals surface area contributed by atoms with Crippen LogP contribution in [0, 0.1) is 19.7 Å². The molecule has 52 heavy (non-hydrogen) atoms. The Morgan fingerprint density at radius 2 is 1.65 bits per heavy atom. The minimum absolute atomic E-state index is 0.279. The van der Waals surface area contributed by atoms with Crippen molar-refractivity contribution in [3.63, 3.8) is 0 Å². The van der Waals surface area contributed by atoms with Crippen molar-refractivity contribution in [2.24, 2.45) is 7.05 Å². The molecule has 0 spiro atoms. The molecule has 6 rings (SSSR count). The predicted molar refractivity (Wildman–Crippen MR) is 214 cm³/mol. The summed E-state index contributed by atoms with van der Waals surface area (Å²) in [6, 6.07) is 14.3. The fraction of sp³-hybridized carbons (Fsp3) is 0.476. The van der Waals surface area contributed by atoms with Crippen molar-refractivity contribution in [2.45, 2.75) is 87.3 Å². The van der Waals surface area contributed by atoms with Crippen LogP contribution < -0.4 is 10.1 Å². The number of hydrogen-bond donors (Lipinski definition) is 1. The van der Waals surface area contributed by atoms with Gasteiger partial charge in [-0.2, -0.15) is 5.10 Å². The van der Waals surface area contributed by atoms with Crippen LogP contribution in [0.15, 0.2) is 48.5 Å². The maximum Gasteiger partial charge on any atom is 0.355 e. The molecular formula is C42H57ClFN5O3. The summed E-state index contributed by atoms with van der Waals surface area (Å²) >= 11 is 7.08. The Balaban J connectivity index is 0.00000146. The van der Waals surface area contributed by atoms with Crippen LogP contribution in [0.2, 0.25) is 5.02 Å². The second kappa shape index (κ2) is 18.2. The van der Waals surface area contributed by atoms with E-state index < -0.39 is 5.60 Å². The number of piperazine rings is 1. The minimum atomic E-state index is -0.678. The Bertz CT molecular complexity index is 1970. The van der Waals surface area contributed by atoms with E-state index in [-0.39, 0.29) is 11.8 Å². The third-order valence-electron chi connectivity index (χ3n) is 9.11. The number of esters is 1. The number of halogens is 2. The third kappa shape index (κ3) is 9.17. The van der Waals surface area contributed by atoms with E-state index in [0.717, 1.165) is 82.5 Å². The highest BCUT2D eigenvalue weighted by Crippen LogP contribution is 2.42. The molecule has 0 saturated carbocycles. The number of carbonyl (C=O) groups is 1. The second-order valence-corrected chi connectivity index (χ2v) is 14.0. The number of rotatable bonds is 10. The largest absolute Gasteiger partial charge is 0.493 e. The highest BCUT2D eigenvalue weighted by Gasteiger charge is 2.31. The summed E-state index contributed by atoms with van der Waals surface area (Å²) in [4.78, 5) is 16.7. The van der Waals surface area contributed by atoms with Gasteiger partial charge in [-0.1, -0.05) is 57.5 Å². The van der Waals surface area contributed by atoms with Crippen LogP contribution in [0.25, 0.3) is 32.8 Å². The molecule has 2 aromatic heterocycles. The molecule has 10 heteroatoms. The van der Waals surface area contributed by atoms with Crippen LogP contribution in [-0.4, -0.2) is 70.1 Å². The Morgan fingerprint density at radius 3 is 2.31 bits per heavy atom. The highest BCUT2D eigenvalue weighted by atomic mass is 35.5. The highest BCUT2D eigenvalue weighted by molar-refractivity contribution is 6.35. The topological polar surface area (TPSA) is 73.6 Å². The zero-order valence-corrected chi connectivity index (χ0v) is 33.5. The number of aromatic nitrogens is 3. The van der Waals surface area contributed by atoms with Gasteiger partial charge in [0, 0.05) is 73.9 Å². The van der Waals surface area contributed by atoms with Gasteiger partial charge >= 0.3 is 5.97 Å². The summed E-state index contributed by atoms with van der Waals surface area (Å²) in [5, 5.41) is 11.4. The fourth-order valence-corrected chi connectivity index (χ4v) is 7.11. The smallest absolute Gasteiger partial charge is 0.355 e. The molecule has 0 aliphatic carbocycles. The normalized spacial score (nSPS) is 13.4. The molecule has 1 saturated heterocycles. The number of ether oxygens (including phenoxy) is 2. The summed E-state index contributed by atoms with van der Waals surface area (Å²) < 4.78 is 30.2. The molecule has 1 aliphatic heterocycles. The van der Waals surface area contributed by atoms with Crippen molar-refractivity contribution in [3.05, 3.63) is 82.0 Å². The Morgan fingerprint density at radius 1 is 0.962 bits per heavy atom. The van der Waals surface area contributed by atoms with Gasteiger partial charge in [-0.3, -0.25) is 9.58 Å². The van der Waals surface area contributed by atoms with Gasteiger partial charge in [0.15, 0.2) is 0 Å². The van der Waals surface area contributed by atoms with Gasteiger partial charge in [0.25, 0.3) is 0 Å². The van der Waals surface area contributed by atoms with Crippen LogP contribution in [-0.2, 0) is 24.8 Å². The molecule has 1 fully saturated rings. The van der Waals surface area contributed by atoms with E-state index in [9.17, 15) is 9.18 Å². The summed E-state index contributed by atoms with van der Waals surface area (Å²) in [5.41, 5.74) is 5.45. The molecule has 0 radical (unpaired) electrons. The molecule has 5 aromatic rings. The Kier molecular flexibility index (Phi) is 14.3. The molecule has 0 bridgehead atoms. The molecule has 282 valence electrons. The average Bonchev–Trinajstić information content (AvgIpc) is 3.57. The monoisotopic (exact) mass is 733 g/mol. The van der Waals surface area contributed by atoms with Gasteiger partial charge in [0.2, 0.25) is 0 Å². The first-order valence-electron chi connectivity index (χ1n) is 18.7. The van der Waals surface area contributed by atoms with Crippen molar-refractivity contribution in [1.82, 2.24) is 24.6 Å². The third-order valence-corrected chi connectivity index (χ3v) is 9.42. The first-order chi connectivity index (χ1) is 24.9. The van der Waals surface area contributed by atoms with Crippen molar-refractivity contribution in [2.75, 3.05) is 39.3 Å². The molecular weight excluding hydrogens is 677 g/mol. The van der Waals surface area contributed by atoms with E-state index >= 15 is 0 Å². The summed E-state index contributed by atoms with van der Waals surface area (Å²) in [7, 11) is 1.94. The fourth-order valence-electron chi connectivity index (χ4n) is 6.86. The predicted octanol–water partition coefficient (Wildman–Crippen LogP) is 9.53.